The minimum atomic E-state index is -0.410. The third-order valence-corrected chi connectivity index (χ3v) is 3.24. The summed E-state index contributed by atoms with van der Waals surface area (Å²) < 4.78 is 13.6. The summed E-state index contributed by atoms with van der Waals surface area (Å²) in [5.74, 6) is -0.595. The Hall–Kier alpha value is -1.68. The molecule has 4 heteroatoms. The van der Waals surface area contributed by atoms with Crippen molar-refractivity contribution in [3.8, 4) is 0 Å². The zero-order chi connectivity index (χ0) is 16.0. The van der Waals surface area contributed by atoms with Crippen LogP contribution in [0.1, 0.15) is 39.7 Å². The van der Waals surface area contributed by atoms with E-state index < -0.39 is 6.10 Å². The first-order valence-corrected chi connectivity index (χ1v) is 7.10. The highest BCUT2D eigenvalue weighted by Crippen LogP contribution is 2.21. The molecule has 0 radical (unpaired) electrons. The van der Waals surface area contributed by atoms with E-state index in [-0.39, 0.29) is 17.1 Å². The molecule has 0 fully saturated rings. The molecular formula is C17H24FNO2. The van der Waals surface area contributed by atoms with Gasteiger partial charge in [0.2, 0.25) is 5.91 Å². The number of nitrogens with one attached hydrogen (secondary N) is 1. The largest absolute Gasteiger partial charge is 0.393 e. The van der Waals surface area contributed by atoms with Gasteiger partial charge in [-0.1, -0.05) is 32.0 Å². The highest BCUT2D eigenvalue weighted by atomic mass is 19.1. The van der Waals surface area contributed by atoms with Crippen LogP contribution in [0.2, 0.25) is 0 Å². The van der Waals surface area contributed by atoms with E-state index in [0.29, 0.717) is 24.1 Å². The van der Waals surface area contributed by atoms with Crippen LogP contribution in [0.3, 0.4) is 0 Å². The molecule has 21 heavy (non-hydrogen) atoms. The fraction of sp³-hybridized carbons (Fsp3) is 0.471. The van der Waals surface area contributed by atoms with Crippen LogP contribution in [0, 0.1) is 11.2 Å². The van der Waals surface area contributed by atoms with Crippen molar-refractivity contribution >= 4 is 11.5 Å². The van der Waals surface area contributed by atoms with Crippen molar-refractivity contribution < 1.29 is 14.3 Å². The zero-order valence-corrected chi connectivity index (χ0v) is 13.1. The Balaban J connectivity index is 2.65. The third-order valence-electron chi connectivity index (χ3n) is 3.24. The molecule has 1 amide bonds. The van der Waals surface area contributed by atoms with Gasteiger partial charge in [-0.3, -0.25) is 4.79 Å². The first kappa shape index (κ1) is 17.4. The summed E-state index contributed by atoms with van der Waals surface area (Å²) in [6.07, 6.45) is 1.59. The SMILES string of the molecule is CC(=CC(=O)NCC(C)(C)CC(C)O)c1ccccc1F. The normalized spacial score (nSPS) is 13.9. The number of aliphatic hydroxyl groups is 1. The van der Waals surface area contributed by atoms with Gasteiger partial charge in [0, 0.05) is 18.2 Å². The Labute approximate surface area is 125 Å². The number of hydrogen-bond acceptors (Lipinski definition) is 2. The van der Waals surface area contributed by atoms with Crippen LogP contribution in [0.4, 0.5) is 4.39 Å². The fourth-order valence-corrected chi connectivity index (χ4v) is 2.30. The quantitative estimate of drug-likeness (QED) is 0.792. The predicted octanol–water partition coefficient (Wildman–Crippen LogP) is 3.14. The summed E-state index contributed by atoms with van der Waals surface area (Å²) in [6, 6.07) is 6.37. The van der Waals surface area contributed by atoms with E-state index in [4.69, 9.17) is 0 Å². The summed E-state index contributed by atoms with van der Waals surface area (Å²) in [4.78, 5) is 11.9. The van der Waals surface area contributed by atoms with Crippen molar-refractivity contribution in [1.82, 2.24) is 5.32 Å². The lowest BCUT2D eigenvalue weighted by atomic mass is 9.87. The Morgan fingerprint density at radius 2 is 2.05 bits per heavy atom. The number of allylic oxidation sites excluding steroid dienone is 1. The lowest BCUT2D eigenvalue weighted by molar-refractivity contribution is -0.117. The van der Waals surface area contributed by atoms with Gasteiger partial charge in [-0.05, 0) is 37.3 Å². The molecule has 1 unspecified atom stereocenters. The predicted molar refractivity (Wildman–Crippen MR) is 83.1 cm³/mol. The molecule has 0 saturated carbocycles. The molecule has 0 heterocycles. The Morgan fingerprint density at radius 1 is 1.43 bits per heavy atom. The number of amides is 1. The van der Waals surface area contributed by atoms with Gasteiger partial charge in [-0.25, -0.2) is 4.39 Å². The number of carbonyl (C=O) groups excluding carboxylic acids is 1. The number of carbonyl (C=O) groups is 1. The number of rotatable bonds is 6. The maximum atomic E-state index is 13.6. The molecule has 0 spiro atoms. The molecule has 3 nitrogen and oxygen atoms in total. The lowest BCUT2D eigenvalue weighted by Crippen LogP contribution is -2.35. The highest BCUT2D eigenvalue weighted by Gasteiger charge is 2.20. The average Bonchev–Trinajstić information content (AvgIpc) is 2.35. The van der Waals surface area contributed by atoms with Crippen LogP contribution in [-0.2, 0) is 4.79 Å². The van der Waals surface area contributed by atoms with Gasteiger partial charge < -0.3 is 10.4 Å². The molecule has 0 aliphatic carbocycles. The monoisotopic (exact) mass is 293 g/mol. The van der Waals surface area contributed by atoms with E-state index in [1.165, 1.54) is 12.1 Å². The Bertz CT molecular complexity index is 521. The number of halogens is 1. The maximum absolute atomic E-state index is 13.6. The zero-order valence-electron chi connectivity index (χ0n) is 13.1. The Kier molecular flexibility index (Phi) is 6.09. The van der Waals surface area contributed by atoms with Gasteiger partial charge in [0.05, 0.1) is 6.10 Å². The van der Waals surface area contributed by atoms with Crippen LogP contribution in [0.25, 0.3) is 5.57 Å². The van der Waals surface area contributed by atoms with Gasteiger partial charge >= 0.3 is 0 Å². The van der Waals surface area contributed by atoms with Crippen molar-refractivity contribution in [2.75, 3.05) is 6.54 Å². The number of hydrogen-bond donors (Lipinski definition) is 2. The van der Waals surface area contributed by atoms with E-state index in [1.807, 2.05) is 13.8 Å². The van der Waals surface area contributed by atoms with E-state index in [9.17, 15) is 14.3 Å². The summed E-state index contributed by atoms with van der Waals surface area (Å²) in [5.41, 5.74) is 0.818. The fourth-order valence-electron chi connectivity index (χ4n) is 2.30. The first-order valence-electron chi connectivity index (χ1n) is 7.10. The second kappa shape index (κ2) is 7.36. The molecule has 1 rings (SSSR count). The van der Waals surface area contributed by atoms with Crippen LogP contribution in [0.5, 0.6) is 0 Å². The number of benzene rings is 1. The van der Waals surface area contributed by atoms with Gasteiger partial charge in [-0.2, -0.15) is 0 Å². The van der Waals surface area contributed by atoms with Crippen molar-refractivity contribution in [2.24, 2.45) is 5.41 Å². The van der Waals surface area contributed by atoms with Crippen LogP contribution in [0.15, 0.2) is 30.3 Å². The molecular weight excluding hydrogens is 269 g/mol. The van der Waals surface area contributed by atoms with Gasteiger partial charge in [0.15, 0.2) is 0 Å². The molecule has 0 aliphatic heterocycles. The topological polar surface area (TPSA) is 49.3 Å². The van der Waals surface area contributed by atoms with Gasteiger partial charge in [-0.15, -0.1) is 0 Å². The maximum Gasteiger partial charge on any atom is 0.244 e. The molecule has 1 atom stereocenters. The molecule has 1 aromatic rings. The average molecular weight is 293 g/mol. The minimum absolute atomic E-state index is 0.191. The van der Waals surface area contributed by atoms with Gasteiger partial charge in [0.1, 0.15) is 5.82 Å². The number of aliphatic hydroxyl groups excluding tert-OH is 1. The molecule has 0 saturated heterocycles. The summed E-state index contributed by atoms with van der Waals surface area (Å²) in [6.45, 7) is 7.85. The molecule has 1 aromatic carbocycles. The van der Waals surface area contributed by atoms with E-state index in [2.05, 4.69) is 5.32 Å². The summed E-state index contributed by atoms with van der Waals surface area (Å²) >= 11 is 0. The van der Waals surface area contributed by atoms with Crippen LogP contribution >= 0.6 is 0 Å². The second-order valence-corrected chi connectivity index (χ2v) is 6.24. The molecule has 0 aliphatic rings. The minimum Gasteiger partial charge on any atom is -0.393 e. The van der Waals surface area contributed by atoms with Crippen molar-refractivity contribution in [3.63, 3.8) is 0 Å². The van der Waals surface area contributed by atoms with E-state index >= 15 is 0 Å². The Morgan fingerprint density at radius 3 is 2.62 bits per heavy atom. The second-order valence-electron chi connectivity index (χ2n) is 6.24. The van der Waals surface area contributed by atoms with Gasteiger partial charge in [0.25, 0.3) is 0 Å². The molecule has 0 aromatic heterocycles. The van der Waals surface area contributed by atoms with Crippen LogP contribution < -0.4 is 5.32 Å². The van der Waals surface area contributed by atoms with Crippen molar-refractivity contribution in [1.29, 1.82) is 0 Å². The highest BCUT2D eigenvalue weighted by molar-refractivity contribution is 5.94. The molecule has 0 bridgehead atoms. The standard InChI is InChI=1S/C17H24FNO2/c1-12(14-7-5-6-8-15(14)18)9-16(21)19-11-17(3,4)10-13(2)20/h5-9,13,20H,10-11H2,1-4H3,(H,19,21). The molecule has 2 N–H and O–H groups in total. The molecule has 116 valence electrons. The van der Waals surface area contributed by atoms with E-state index in [0.717, 1.165) is 0 Å². The lowest BCUT2D eigenvalue weighted by Gasteiger charge is -2.26. The summed E-state index contributed by atoms with van der Waals surface area (Å²) in [5, 5.41) is 12.2. The van der Waals surface area contributed by atoms with Crippen molar-refractivity contribution in [3.05, 3.63) is 41.7 Å². The third kappa shape index (κ3) is 6.08. The van der Waals surface area contributed by atoms with E-state index in [1.54, 1.807) is 32.0 Å². The first-order chi connectivity index (χ1) is 9.71. The van der Waals surface area contributed by atoms with Crippen LogP contribution in [-0.4, -0.2) is 23.7 Å². The summed E-state index contributed by atoms with van der Waals surface area (Å²) in [7, 11) is 0. The van der Waals surface area contributed by atoms with Crippen molar-refractivity contribution in [2.45, 2.75) is 40.2 Å². The smallest absolute Gasteiger partial charge is 0.244 e.